The summed E-state index contributed by atoms with van der Waals surface area (Å²) in [5, 5.41) is 8.53. The maximum absolute atomic E-state index is 12.3. The van der Waals surface area contributed by atoms with Crippen molar-refractivity contribution in [2.75, 3.05) is 6.61 Å². The average Bonchev–Trinajstić information content (AvgIpc) is 2.34. The minimum absolute atomic E-state index is 0.181. The van der Waals surface area contributed by atoms with Gasteiger partial charge in [0.1, 0.15) is 5.82 Å². The molecule has 0 aliphatic heterocycles. The molecule has 1 heterocycles. The highest BCUT2D eigenvalue weighted by Gasteiger charge is 2.05. The molecule has 0 radical (unpaired) electrons. The predicted octanol–water partition coefficient (Wildman–Crippen LogP) is 0.146. The molecule has 0 saturated heterocycles. The summed E-state index contributed by atoms with van der Waals surface area (Å²) in [6, 6.07) is 0.755. The number of H-pyrrole nitrogens is 1. The van der Waals surface area contributed by atoms with Crippen LogP contribution in [0.3, 0.4) is 0 Å². The lowest BCUT2D eigenvalue weighted by Gasteiger charge is -2.02. The zero-order valence-electron chi connectivity index (χ0n) is 5.34. The van der Waals surface area contributed by atoms with Crippen LogP contribution in [0.2, 0.25) is 0 Å². The Kier molecular flexibility index (Phi) is 2.03. The van der Waals surface area contributed by atoms with Gasteiger partial charge in [-0.25, -0.2) is 4.39 Å². The van der Waals surface area contributed by atoms with Crippen LogP contribution in [0.4, 0.5) is 4.39 Å². The second-order valence-corrected chi connectivity index (χ2v) is 2.06. The van der Waals surface area contributed by atoms with E-state index in [9.17, 15) is 4.39 Å². The molecule has 10 heavy (non-hydrogen) atoms. The van der Waals surface area contributed by atoms with Crippen molar-refractivity contribution in [3.8, 4) is 0 Å². The van der Waals surface area contributed by atoms with E-state index in [0.717, 1.165) is 0 Å². The molecule has 1 unspecified atom stereocenters. The van der Waals surface area contributed by atoms with Gasteiger partial charge in [-0.2, -0.15) is 0 Å². The highest BCUT2D eigenvalue weighted by atomic mass is 19.1. The second kappa shape index (κ2) is 2.81. The summed E-state index contributed by atoms with van der Waals surface area (Å²) >= 11 is 0. The van der Waals surface area contributed by atoms with E-state index < -0.39 is 6.04 Å². The summed E-state index contributed by atoms with van der Waals surface area (Å²) in [6.07, 6.45) is 1.20. The topological polar surface area (TPSA) is 62.0 Å². The lowest BCUT2D eigenvalue weighted by molar-refractivity contribution is 0.266. The highest BCUT2D eigenvalue weighted by molar-refractivity contribution is 5.10. The summed E-state index contributed by atoms with van der Waals surface area (Å²) in [5.74, 6) is -0.362. The van der Waals surface area contributed by atoms with Gasteiger partial charge in [-0.05, 0) is 6.07 Å². The minimum Gasteiger partial charge on any atom is -0.394 e. The van der Waals surface area contributed by atoms with Gasteiger partial charge in [-0.15, -0.1) is 0 Å². The number of aromatic amines is 1. The first kappa shape index (κ1) is 7.24. The molecule has 0 spiro atoms. The van der Waals surface area contributed by atoms with Crippen LogP contribution < -0.4 is 5.73 Å². The fraction of sp³-hybridized carbons (Fsp3) is 0.333. The van der Waals surface area contributed by atoms with Gasteiger partial charge in [0, 0.05) is 11.9 Å². The van der Waals surface area contributed by atoms with E-state index in [1.165, 1.54) is 12.3 Å². The van der Waals surface area contributed by atoms with E-state index in [-0.39, 0.29) is 12.4 Å². The van der Waals surface area contributed by atoms with Crippen molar-refractivity contribution >= 4 is 0 Å². The Morgan fingerprint density at radius 1 is 1.80 bits per heavy atom. The largest absolute Gasteiger partial charge is 0.394 e. The normalized spacial score (nSPS) is 13.5. The number of hydrogen-bond donors (Lipinski definition) is 3. The molecule has 0 fully saturated rings. The third kappa shape index (κ3) is 1.34. The van der Waals surface area contributed by atoms with Gasteiger partial charge >= 0.3 is 0 Å². The number of aromatic nitrogens is 1. The molecule has 0 amide bonds. The third-order valence-corrected chi connectivity index (χ3v) is 1.27. The van der Waals surface area contributed by atoms with Crippen LogP contribution >= 0.6 is 0 Å². The van der Waals surface area contributed by atoms with Gasteiger partial charge in [-0.3, -0.25) is 0 Å². The summed E-state index contributed by atoms with van der Waals surface area (Å²) in [6.45, 7) is -0.181. The zero-order valence-corrected chi connectivity index (χ0v) is 5.34. The third-order valence-electron chi connectivity index (χ3n) is 1.27. The van der Waals surface area contributed by atoms with Gasteiger partial charge in [0.25, 0.3) is 0 Å². The van der Waals surface area contributed by atoms with Gasteiger partial charge in [0.05, 0.1) is 12.6 Å². The Hall–Kier alpha value is -0.870. The Labute approximate surface area is 57.7 Å². The number of nitrogens with two attached hydrogens (primary N) is 1. The molecular formula is C6H9FN2O. The molecule has 3 nitrogen and oxygen atoms in total. The highest BCUT2D eigenvalue weighted by Crippen LogP contribution is 2.07. The lowest BCUT2D eigenvalue weighted by atomic mass is 10.2. The summed E-state index contributed by atoms with van der Waals surface area (Å²) in [5.41, 5.74) is 5.87. The zero-order chi connectivity index (χ0) is 7.56. The fourth-order valence-corrected chi connectivity index (χ4v) is 0.697. The second-order valence-electron chi connectivity index (χ2n) is 2.06. The number of nitrogens with one attached hydrogen (secondary N) is 1. The summed E-state index contributed by atoms with van der Waals surface area (Å²) < 4.78 is 12.3. The first-order valence-corrected chi connectivity index (χ1v) is 2.94. The van der Waals surface area contributed by atoms with E-state index in [2.05, 4.69) is 4.98 Å². The van der Waals surface area contributed by atoms with Gasteiger partial charge in [0.2, 0.25) is 0 Å². The Morgan fingerprint density at radius 2 is 2.50 bits per heavy atom. The van der Waals surface area contributed by atoms with E-state index in [0.29, 0.717) is 5.69 Å². The molecule has 56 valence electrons. The quantitative estimate of drug-likeness (QED) is 0.553. The van der Waals surface area contributed by atoms with Crippen molar-refractivity contribution in [1.82, 2.24) is 4.98 Å². The molecule has 1 aromatic rings. The SMILES string of the molecule is NC(CO)c1cc(F)c[nH]1. The first-order valence-electron chi connectivity index (χ1n) is 2.94. The summed E-state index contributed by atoms with van der Waals surface area (Å²) in [4.78, 5) is 2.60. The number of rotatable bonds is 2. The average molecular weight is 144 g/mol. The molecule has 0 bridgehead atoms. The van der Waals surface area contributed by atoms with Crippen molar-refractivity contribution in [2.24, 2.45) is 5.73 Å². The first-order chi connectivity index (χ1) is 4.74. The van der Waals surface area contributed by atoms with Crippen LogP contribution in [0.1, 0.15) is 11.7 Å². The monoisotopic (exact) mass is 144 g/mol. The molecule has 1 atom stereocenters. The molecular weight excluding hydrogens is 135 g/mol. The molecule has 4 heteroatoms. The standard InChI is InChI=1S/C6H9FN2O/c7-4-1-6(9-2-4)5(8)3-10/h1-2,5,9-10H,3,8H2. The van der Waals surface area contributed by atoms with Crippen LogP contribution in [-0.4, -0.2) is 16.7 Å². The maximum atomic E-state index is 12.3. The van der Waals surface area contributed by atoms with Crippen molar-refractivity contribution in [3.05, 3.63) is 23.8 Å². The Bertz CT molecular complexity index is 211. The Morgan fingerprint density at radius 3 is 2.90 bits per heavy atom. The molecule has 0 saturated carbocycles. The molecule has 1 aromatic heterocycles. The molecule has 1 rings (SSSR count). The molecule has 0 aromatic carbocycles. The number of halogens is 1. The van der Waals surface area contributed by atoms with Crippen LogP contribution in [-0.2, 0) is 0 Å². The van der Waals surface area contributed by atoms with E-state index in [1.54, 1.807) is 0 Å². The van der Waals surface area contributed by atoms with Crippen LogP contribution in [0.25, 0.3) is 0 Å². The summed E-state index contributed by atoms with van der Waals surface area (Å²) in [7, 11) is 0. The Balaban J connectivity index is 2.74. The van der Waals surface area contributed by atoms with Crippen molar-refractivity contribution in [2.45, 2.75) is 6.04 Å². The van der Waals surface area contributed by atoms with Gasteiger partial charge < -0.3 is 15.8 Å². The van der Waals surface area contributed by atoms with Crippen molar-refractivity contribution < 1.29 is 9.50 Å². The minimum atomic E-state index is -0.510. The van der Waals surface area contributed by atoms with E-state index in [1.807, 2.05) is 0 Å². The number of hydrogen-bond acceptors (Lipinski definition) is 2. The van der Waals surface area contributed by atoms with Crippen LogP contribution in [0.15, 0.2) is 12.3 Å². The van der Waals surface area contributed by atoms with Crippen molar-refractivity contribution in [3.63, 3.8) is 0 Å². The predicted molar refractivity (Wildman–Crippen MR) is 34.8 cm³/mol. The van der Waals surface area contributed by atoms with E-state index >= 15 is 0 Å². The van der Waals surface area contributed by atoms with Crippen molar-refractivity contribution in [1.29, 1.82) is 0 Å². The van der Waals surface area contributed by atoms with Gasteiger partial charge in [0.15, 0.2) is 0 Å². The lowest BCUT2D eigenvalue weighted by Crippen LogP contribution is -2.14. The number of aliphatic hydroxyl groups is 1. The van der Waals surface area contributed by atoms with E-state index in [4.69, 9.17) is 10.8 Å². The molecule has 0 aliphatic rings. The van der Waals surface area contributed by atoms with Crippen LogP contribution in [0.5, 0.6) is 0 Å². The van der Waals surface area contributed by atoms with Crippen LogP contribution in [0, 0.1) is 5.82 Å². The smallest absolute Gasteiger partial charge is 0.140 e. The fourth-order valence-electron chi connectivity index (χ4n) is 0.697. The maximum Gasteiger partial charge on any atom is 0.140 e. The molecule has 0 aliphatic carbocycles. The number of aliphatic hydroxyl groups excluding tert-OH is 1. The van der Waals surface area contributed by atoms with Gasteiger partial charge in [-0.1, -0.05) is 0 Å². The molecule has 4 N–H and O–H groups in total.